The molecule has 0 saturated heterocycles. The maximum atomic E-state index is 13.2. The minimum absolute atomic E-state index is 0.00520. The molecule has 5 rings (SSSR count). The summed E-state index contributed by atoms with van der Waals surface area (Å²) in [6, 6.07) is 30.6. The Kier molecular flexibility index (Phi) is 7.91. The van der Waals surface area contributed by atoms with E-state index in [-0.39, 0.29) is 24.8 Å². The fraction of sp³-hybridized carbons (Fsp3) is 0.182. The Morgan fingerprint density at radius 3 is 2.40 bits per heavy atom. The van der Waals surface area contributed by atoms with Gasteiger partial charge in [-0.2, -0.15) is 13.2 Å². The van der Waals surface area contributed by atoms with Crippen molar-refractivity contribution in [3.05, 3.63) is 137 Å². The second-order valence-corrected chi connectivity index (χ2v) is 9.79. The fourth-order valence-electron chi connectivity index (χ4n) is 4.94. The van der Waals surface area contributed by atoms with Gasteiger partial charge in [0.05, 0.1) is 5.56 Å². The number of aromatic nitrogens is 1. The monoisotopic (exact) mass is 542 g/mol. The smallest absolute Gasteiger partial charge is 0.416 e. The molecule has 1 heterocycles. The first-order valence-corrected chi connectivity index (χ1v) is 13.0. The average molecular weight is 543 g/mol. The van der Waals surface area contributed by atoms with Crippen LogP contribution in [0.2, 0.25) is 0 Å². The number of rotatable bonds is 9. The predicted molar refractivity (Wildman–Crippen MR) is 150 cm³/mol. The summed E-state index contributed by atoms with van der Waals surface area (Å²) in [5.41, 5.74) is 3.65. The number of benzene rings is 4. The van der Waals surface area contributed by atoms with E-state index in [0.717, 1.165) is 39.7 Å². The van der Waals surface area contributed by atoms with E-state index < -0.39 is 11.7 Å². The molecule has 0 spiro atoms. The number of amides is 1. The number of fused-ring (bicyclic) bond motifs is 1. The van der Waals surface area contributed by atoms with E-state index in [4.69, 9.17) is 4.74 Å². The van der Waals surface area contributed by atoms with Crippen molar-refractivity contribution in [2.24, 2.45) is 7.05 Å². The van der Waals surface area contributed by atoms with Crippen LogP contribution in [0.1, 0.15) is 40.2 Å². The molecule has 0 saturated carbocycles. The van der Waals surface area contributed by atoms with E-state index in [1.54, 1.807) is 6.07 Å². The van der Waals surface area contributed by atoms with E-state index in [9.17, 15) is 18.0 Å². The molecule has 0 bridgehead atoms. The summed E-state index contributed by atoms with van der Waals surface area (Å²) >= 11 is 0. The van der Waals surface area contributed by atoms with E-state index in [1.807, 2.05) is 96.7 Å². The van der Waals surface area contributed by atoms with Crippen molar-refractivity contribution in [2.75, 3.05) is 0 Å². The van der Waals surface area contributed by atoms with Crippen LogP contribution >= 0.6 is 0 Å². The molecule has 0 radical (unpaired) electrons. The van der Waals surface area contributed by atoms with Crippen LogP contribution in [0.5, 0.6) is 5.75 Å². The molecule has 1 amide bonds. The van der Waals surface area contributed by atoms with Crippen LogP contribution in [-0.2, 0) is 31.2 Å². The number of ether oxygens (including phenoxy) is 1. The lowest BCUT2D eigenvalue weighted by atomic mass is 9.88. The van der Waals surface area contributed by atoms with Gasteiger partial charge >= 0.3 is 6.18 Å². The van der Waals surface area contributed by atoms with Crippen LogP contribution in [0.15, 0.2) is 109 Å². The highest BCUT2D eigenvalue weighted by Gasteiger charge is 2.30. The molecule has 4 nitrogen and oxygen atoms in total. The number of hydrogen-bond donors (Lipinski definition) is 1. The first-order chi connectivity index (χ1) is 19.3. The SMILES string of the molecule is Cn1cc(C(CC(=O)NCc2cccc(C(F)(F)F)c2)c2cccc(OCc3ccccc3)c2)c2ccccc21. The highest BCUT2D eigenvalue weighted by Crippen LogP contribution is 2.36. The maximum Gasteiger partial charge on any atom is 0.416 e. The minimum atomic E-state index is -4.44. The Bertz CT molecular complexity index is 1610. The van der Waals surface area contributed by atoms with Gasteiger partial charge in [0.2, 0.25) is 5.91 Å². The van der Waals surface area contributed by atoms with Crippen molar-refractivity contribution in [3.63, 3.8) is 0 Å². The normalized spacial score (nSPS) is 12.3. The number of aryl methyl sites for hydroxylation is 1. The van der Waals surface area contributed by atoms with Crippen molar-refractivity contribution in [2.45, 2.75) is 31.7 Å². The number of para-hydroxylation sites is 1. The number of halogens is 3. The van der Waals surface area contributed by atoms with Gasteiger partial charge in [-0.25, -0.2) is 0 Å². The van der Waals surface area contributed by atoms with Gasteiger partial charge < -0.3 is 14.6 Å². The van der Waals surface area contributed by atoms with Gasteiger partial charge in [0.15, 0.2) is 0 Å². The lowest BCUT2D eigenvalue weighted by molar-refractivity contribution is -0.137. The van der Waals surface area contributed by atoms with Gasteiger partial charge in [-0.3, -0.25) is 4.79 Å². The topological polar surface area (TPSA) is 43.3 Å². The lowest BCUT2D eigenvalue weighted by Crippen LogP contribution is -2.25. The van der Waals surface area contributed by atoms with Gasteiger partial charge in [-0.1, -0.05) is 72.8 Å². The Labute approximate surface area is 231 Å². The molecular formula is C33H29F3N2O2. The molecule has 1 atom stereocenters. The second kappa shape index (κ2) is 11.7. The highest BCUT2D eigenvalue weighted by atomic mass is 19.4. The van der Waals surface area contributed by atoms with E-state index in [0.29, 0.717) is 17.9 Å². The first-order valence-electron chi connectivity index (χ1n) is 13.0. The predicted octanol–water partition coefficient (Wildman–Crippen LogP) is 7.61. The molecule has 0 aliphatic heterocycles. The van der Waals surface area contributed by atoms with Crippen LogP contribution in [0.3, 0.4) is 0 Å². The van der Waals surface area contributed by atoms with Gasteiger partial charge in [-0.05, 0) is 52.6 Å². The summed E-state index contributed by atoms with van der Waals surface area (Å²) < 4.78 is 47.5. The zero-order valence-electron chi connectivity index (χ0n) is 22.0. The second-order valence-electron chi connectivity index (χ2n) is 9.79. The number of alkyl halides is 3. The molecule has 1 aromatic heterocycles. The standard InChI is InChI=1S/C33H29F3N2O2/c1-38-21-30(28-15-5-6-16-31(28)38)29(19-32(39)37-20-24-11-7-13-26(17-24)33(34,35)36)25-12-8-14-27(18-25)40-22-23-9-3-2-4-10-23/h2-18,21,29H,19-20,22H2,1H3,(H,37,39). The summed E-state index contributed by atoms with van der Waals surface area (Å²) in [5.74, 6) is 0.134. The third-order valence-corrected chi connectivity index (χ3v) is 6.95. The summed E-state index contributed by atoms with van der Waals surface area (Å²) in [6.45, 7) is 0.423. The number of carbonyl (C=O) groups is 1. The van der Waals surface area contributed by atoms with Gasteiger partial charge in [-0.15, -0.1) is 0 Å². The average Bonchev–Trinajstić information content (AvgIpc) is 3.30. The van der Waals surface area contributed by atoms with Gasteiger partial charge in [0, 0.05) is 43.0 Å². The molecule has 5 aromatic rings. The summed E-state index contributed by atoms with van der Waals surface area (Å²) in [7, 11) is 1.97. The van der Waals surface area contributed by atoms with Crippen LogP contribution in [-0.4, -0.2) is 10.5 Å². The largest absolute Gasteiger partial charge is 0.489 e. The molecule has 0 aliphatic carbocycles. The quantitative estimate of drug-likeness (QED) is 0.208. The van der Waals surface area contributed by atoms with Crippen LogP contribution < -0.4 is 10.1 Å². The van der Waals surface area contributed by atoms with Crippen LogP contribution in [0.25, 0.3) is 10.9 Å². The number of nitrogens with zero attached hydrogens (tertiary/aromatic N) is 1. The third-order valence-electron chi connectivity index (χ3n) is 6.95. The number of hydrogen-bond acceptors (Lipinski definition) is 2. The zero-order valence-corrected chi connectivity index (χ0v) is 22.0. The number of nitrogens with one attached hydrogen (secondary N) is 1. The molecule has 204 valence electrons. The molecule has 4 aromatic carbocycles. The Hall–Kier alpha value is -4.52. The van der Waals surface area contributed by atoms with E-state index in [1.165, 1.54) is 6.07 Å². The molecule has 7 heteroatoms. The summed E-state index contributed by atoms with van der Waals surface area (Å²) in [5, 5.41) is 3.86. The van der Waals surface area contributed by atoms with Crippen LogP contribution in [0, 0.1) is 0 Å². The summed E-state index contributed by atoms with van der Waals surface area (Å²) in [4.78, 5) is 13.2. The van der Waals surface area contributed by atoms with Crippen molar-refractivity contribution >= 4 is 16.8 Å². The molecule has 1 N–H and O–H groups in total. The Morgan fingerprint density at radius 1 is 0.875 bits per heavy atom. The van der Waals surface area contributed by atoms with Crippen LogP contribution in [0.4, 0.5) is 13.2 Å². The van der Waals surface area contributed by atoms with Crippen molar-refractivity contribution < 1.29 is 22.7 Å². The number of carbonyl (C=O) groups excluding carboxylic acids is 1. The highest BCUT2D eigenvalue weighted by molar-refractivity contribution is 5.86. The zero-order chi connectivity index (χ0) is 28.1. The lowest BCUT2D eigenvalue weighted by Gasteiger charge is -2.19. The molecule has 1 unspecified atom stereocenters. The summed E-state index contributed by atoms with van der Waals surface area (Å²) in [6.07, 6.45) is -2.28. The minimum Gasteiger partial charge on any atom is -0.489 e. The van der Waals surface area contributed by atoms with Gasteiger partial charge in [0.25, 0.3) is 0 Å². The van der Waals surface area contributed by atoms with Crippen molar-refractivity contribution in [1.29, 1.82) is 0 Å². The molecule has 40 heavy (non-hydrogen) atoms. The Balaban J connectivity index is 1.40. The maximum absolute atomic E-state index is 13.2. The molecule has 0 aliphatic rings. The van der Waals surface area contributed by atoms with E-state index >= 15 is 0 Å². The third kappa shape index (κ3) is 6.37. The first kappa shape index (κ1) is 27.1. The van der Waals surface area contributed by atoms with Crippen molar-refractivity contribution in [1.82, 2.24) is 9.88 Å². The molecule has 0 fully saturated rings. The molecular weight excluding hydrogens is 513 g/mol. The van der Waals surface area contributed by atoms with Gasteiger partial charge in [0.1, 0.15) is 12.4 Å². The Morgan fingerprint density at radius 2 is 1.60 bits per heavy atom. The fourth-order valence-corrected chi connectivity index (χ4v) is 4.94. The van der Waals surface area contributed by atoms with E-state index in [2.05, 4.69) is 5.32 Å². The van der Waals surface area contributed by atoms with Crippen molar-refractivity contribution in [3.8, 4) is 5.75 Å².